The first-order valence-corrected chi connectivity index (χ1v) is 8.82. The van der Waals surface area contributed by atoms with E-state index in [-0.39, 0.29) is 0 Å². The molecule has 1 heterocycles. The maximum Gasteiger partial charge on any atom is 0.0481 e. The highest BCUT2D eigenvalue weighted by atomic mass is 15.2. The van der Waals surface area contributed by atoms with Gasteiger partial charge in [-0.2, -0.15) is 0 Å². The summed E-state index contributed by atoms with van der Waals surface area (Å²) in [6.45, 7) is 15.1. The van der Waals surface area contributed by atoms with Crippen molar-refractivity contribution in [3.05, 3.63) is 55.1 Å². The van der Waals surface area contributed by atoms with E-state index in [2.05, 4.69) is 71.5 Å². The van der Waals surface area contributed by atoms with E-state index in [9.17, 15) is 0 Å². The SMILES string of the molecule is C=CCN(CC=C)C(CN1CCNCC1)c1ccc(N(C)C)cc1. The lowest BCUT2D eigenvalue weighted by atomic mass is 10.0. The van der Waals surface area contributed by atoms with Crippen molar-refractivity contribution in [3.8, 4) is 0 Å². The molecule has 1 aromatic carbocycles. The molecule has 0 saturated carbocycles. The largest absolute Gasteiger partial charge is 0.378 e. The van der Waals surface area contributed by atoms with E-state index in [4.69, 9.17) is 0 Å². The van der Waals surface area contributed by atoms with Crippen LogP contribution in [-0.2, 0) is 0 Å². The summed E-state index contributed by atoms with van der Waals surface area (Å²) < 4.78 is 0. The Morgan fingerprint density at radius 1 is 1.08 bits per heavy atom. The Morgan fingerprint density at radius 3 is 2.17 bits per heavy atom. The molecule has 1 saturated heterocycles. The average molecular weight is 329 g/mol. The summed E-state index contributed by atoms with van der Waals surface area (Å²) >= 11 is 0. The Bertz CT molecular complexity index is 493. The lowest BCUT2D eigenvalue weighted by Gasteiger charge is -2.36. The van der Waals surface area contributed by atoms with Crippen molar-refractivity contribution in [3.63, 3.8) is 0 Å². The molecule has 4 heteroatoms. The molecule has 2 rings (SSSR count). The van der Waals surface area contributed by atoms with Crippen LogP contribution in [0.5, 0.6) is 0 Å². The summed E-state index contributed by atoms with van der Waals surface area (Å²) in [7, 11) is 4.16. The minimum absolute atomic E-state index is 0.357. The van der Waals surface area contributed by atoms with Crippen LogP contribution in [0, 0.1) is 0 Å². The second kappa shape index (κ2) is 9.62. The minimum Gasteiger partial charge on any atom is -0.378 e. The summed E-state index contributed by atoms with van der Waals surface area (Å²) in [4.78, 5) is 7.15. The first kappa shape index (κ1) is 18.7. The molecule has 1 fully saturated rings. The maximum absolute atomic E-state index is 3.94. The summed E-state index contributed by atoms with van der Waals surface area (Å²) in [6, 6.07) is 9.30. The van der Waals surface area contributed by atoms with Crippen molar-refractivity contribution in [1.29, 1.82) is 0 Å². The van der Waals surface area contributed by atoms with Crippen LogP contribution in [0.2, 0.25) is 0 Å². The predicted octanol–water partition coefficient (Wildman–Crippen LogP) is 2.37. The third-order valence-electron chi connectivity index (χ3n) is 4.60. The first-order chi connectivity index (χ1) is 11.7. The van der Waals surface area contributed by atoms with Crippen molar-refractivity contribution in [2.24, 2.45) is 0 Å². The number of nitrogens with one attached hydrogen (secondary N) is 1. The average Bonchev–Trinajstić information content (AvgIpc) is 2.60. The van der Waals surface area contributed by atoms with Gasteiger partial charge in [0.25, 0.3) is 0 Å². The van der Waals surface area contributed by atoms with Gasteiger partial charge in [-0.3, -0.25) is 9.80 Å². The molecule has 4 nitrogen and oxygen atoms in total. The van der Waals surface area contributed by atoms with Gasteiger partial charge in [0, 0.05) is 71.6 Å². The van der Waals surface area contributed by atoms with E-state index in [1.807, 2.05) is 12.2 Å². The van der Waals surface area contributed by atoms with Crippen LogP contribution in [0.25, 0.3) is 0 Å². The van der Waals surface area contributed by atoms with Crippen LogP contribution in [0.15, 0.2) is 49.6 Å². The highest BCUT2D eigenvalue weighted by molar-refractivity contribution is 5.46. The van der Waals surface area contributed by atoms with E-state index >= 15 is 0 Å². The van der Waals surface area contributed by atoms with Crippen molar-refractivity contribution in [1.82, 2.24) is 15.1 Å². The topological polar surface area (TPSA) is 21.8 Å². The fraction of sp³-hybridized carbons (Fsp3) is 0.500. The van der Waals surface area contributed by atoms with Gasteiger partial charge in [-0.15, -0.1) is 13.2 Å². The van der Waals surface area contributed by atoms with Crippen molar-refractivity contribution < 1.29 is 0 Å². The molecule has 1 aliphatic rings. The van der Waals surface area contributed by atoms with Crippen LogP contribution in [0.4, 0.5) is 5.69 Å². The summed E-state index contributed by atoms with van der Waals surface area (Å²) in [6.07, 6.45) is 3.98. The molecule has 1 atom stereocenters. The molecule has 132 valence electrons. The number of piperazine rings is 1. The standard InChI is InChI=1S/C20H32N4/c1-5-13-24(14-6-2)20(17-23-15-11-21-12-16-23)18-7-9-19(10-8-18)22(3)4/h5-10,20-21H,1-2,11-17H2,3-4H3. The minimum atomic E-state index is 0.357. The molecule has 1 N–H and O–H groups in total. The lowest BCUT2D eigenvalue weighted by Crippen LogP contribution is -2.47. The monoisotopic (exact) mass is 328 g/mol. The van der Waals surface area contributed by atoms with Gasteiger partial charge in [0.1, 0.15) is 0 Å². The molecule has 0 aliphatic carbocycles. The molecule has 24 heavy (non-hydrogen) atoms. The molecule has 0 radical (unpaired) electrons. The Balaban J connectivity index is 2.21. The van der Waals surface area contributed by atoms with Gasteiger partial charge in [-0.25, -0.2) is 0 Å². The summed E-state index contributed by atoms with van der Waals surface area (Å²) in [5.41, 5.74) is 2.60. The Kier molecular flexibility index (Phi) is 7.50. The quantitative estimate of drug-likeness (QED) is 0.703. The molecular weight excluding hydrogens is 296 g/mol. The fourth-order valence-corrected chi connectivity index (χ4v) is 3.23. The molecule has 0 aromatic heterocycles. The molecule has 0 amide bonds. The van der Waals surface area contributed by atoms with Crippen LogP contribution in [0.3, 0.4) is 0 Å². The van der Waals surface area contributed by atoms with Gasteiger partial charge in [0.05, 0.1) is 0 Å². The first-order valence-electron chi connectivity index (χ1n) is 8.82. The molecule has 1 aromatic rings. The van der Waals surface area contributed by atoms with E-state index in [1.165, 1.54) is 11.3 Å². The Hall–Kier alpha value is -1.62. The molecule has 1 aliphatic heterocycles. The second-order valence-electron chi connectivity index (χ2n) is 6.58. The predicted molar refractivity (Wildman–Crippen MR) is 105 cm³/mol. The van der Waals surface area contributed by atoms with Gasteiger partial charge in [0.15, 0.2) is 0 Å². The van der Waals surface area contributed by atoms with Gasteiger partial charge in [-0.1, -0.05) is 24.3 Å². The highest BCUT2D eigenvalue weighted by Gasteiger charge is 2.22. The van der Waals surface area contributed by atoms with Crippen LogP contribution in [0.1, 0.15) is 11.6 Å². The van der Waals surface area contributed by atoms with Crippen LogP contribution >= 0.6 is 0 Å². The maximum atomic E-state index is 3.94. The van der Waals surface area contributed by atoms with Gasteiger partial charge < -0.3 is 10.2 Å². The highest BCUT2D eigenvalue weighted by Crippen LogP contribution is 2.24. The molecule has 1 unspecified atom stereocenters. The molecular formula is C20H32N4. The van der Waals surface area contributed by atoms with Gasteiger partial charge in [-0.05, 0) is 17.7 Å². The van der Waals surface area contributed by atoms with Crippen molar-refractivity contribution >= 4 is 5.69 Å². The van der Waals surface area contributed by atoms with Crippen molar-refractivity contribution in [2.75, 3.05) is 64.8 Å². The van der Waals surface area contributed by atoms with Crippen molar-refractivity contribution in [2.45, 2.75) is 6.04 Å². The zero-order valence-electron chi connectivity index (χ0n) is 15.2. The van der Waals surface area contributed by atoms with Gasteiger partial charge >= 0.3 is 0 Å². The summed E-state index contributed by atoms with van der Waals surface area (Å²) in [5.74, 6) is 0. The number of anilines is 1. The fourth-order valence-electron chi connectivity index (χ4n) is 3.23. The number of hydrogen-bond donors (Lipinski definition) is 1. The Morgan fingerprint density at radius 2 is 1.67 bits per heavy atom. The number of benzene rings is 1. The number of nitrogens with zero attached hydrogens (tertiary/aromatic N) is 3. The van der Waals surface area contributed by atoms with Crippen LogP contribution in [-0.4, -0.2) is 69.7 Å². The van der Waals surface area contributed by atoms with E-state index in [0.29, 0.717) is 6.04 Å². The molecule has 0 bridgehead atoms. The van der Waals surface area contributed by atoms with E-state index < -0.39 is 0 Å². The smallest absolute Gasteiger partial charge is 0.0481 e. The Labute approximate surface area is 147 Å². The third kappa shape index (κ3) is 5.20. The number of rotatable bonds is 9. The second-order valence-corrected chi connectivity index (χ2v) is 6.58. The normalized spacial score (nSPS) is 16.8. The third-order valence-corrected chi connectivity index (χ3v) is 4.60. The van der Waals surface area contributed by atoms with E-state index in [0.717, 1.165) is 45.8 Å². The number of hydrogen-bond acceptors (Lipinski definition) is 4. The molecule has 0 spiro atoms. The zero-order valence-corrected chi connectivity index (χ0v) is 15.2. The van der Waals surface area contributed by atoms with Crippen LogP contribution < -0.4 is 10.2 Å². The lowest BCUT2D eigenvalue weighted by molar-refractivity contribution is 0.149. The summed E-state index contributed by atoms with van der Waals surface area (Å²) in [5, 5.41) is 3.43. The van der Waals surface area contributed by atoms with Gasteiger partial charge in [0.2, 0.25) is 0 Å². The van der Waals surface area contributed by atoms with E-state index in [1.54, 1.807) is 0 Å². The zero-order chi connectivity index (χ0) is 17.4.